The summed E-state index contributed by atoms with van der Waals surface area (Å²) in [6.45, 7) is 8.96. The molecule has 1 heterocycles. The highest BCUT2D eigenvalue weighted by atomic mass is 16.4. The van der Waals surface area contributed by atoms with Gasteiger partial charge in [0.25, 0.3) is 5.91 Å². The fourth-order valence-electron chi connectivity index (χ4n) is 5.60. The third-order valence-corrected chi connectivity index (χ3v) is 8.07. The van der Waals surface area contributed by atoms with Crippen LogP contribution in [-0.2, 0) is 26.5 Å². The van der Waals surface area contributed by atoms with Crippen molar-refractivity contribution in [1.29, 1.82) is 0 Å². The molecule has 0 aliphatic carbocycles. The van der Waals surface area contributed by atoms with E-state index < -0.39 is 47.5 Å². The van der Waals surface area contributed by atoms with E-state index in [-0.39, 0.29) is 25.3 Å². The number of aliphatic carboxylic acids is 1. The normalized spacial score (nSPS) is 17.5. The lowest BCUT2D eigenvalue weighted by Crippen LogP contribution is -2.53. The average molecular weight is 628 g/mol. The molecular weight excluding hydrogens is 586 g/mol. The first-order valence-electron chi connectivity index (χ1n) is 15.3. The summed E-state index contributed by atoms with van der Waals surface area (Å²) in [5.41, 5.74) is 2.02. The highest BCUT2D eigenvalue weighted by Crippen LogP contribution is 2.40. The Kier molecular flexibility index (Phi) is 10.5. The van der Waals surface area contributed by atoms with Crippen LogP contribution in [0.5, 0.6) is 0 Å². The Hall–Kier alpha value is -5.19. The quantitative estimate of drug-likeness (QED) is 0.189. The predicted molar refractivity (Wildman–Crippen MR) is 175 cm³/mol. The zero-order chi connectivity index (χ0) is 33.6. The minimum atomic E-state index is -1.43. The molecule has 3 aromatic carbocycles. The van der Waals surface area contributed by atoms with E-state index >= 15 is 0 Å². The average Bonchev–Trinajstić information content (AvgIpc) is 3.18. The van der Waals surface area contributed by atoms with Crippen LogP contribution in [0.15, 0.2) is 78.9 Å². The predicted octanol–water partition coefficient (Wildman–Crippen LogP) is 5.71. The zero-order valence-corrected chi connectivity index (χ0v) is 26.7. The molecule has 1 aliphatic heterocycles. The van der Waals surface area contributed by atoms with Gasteiger partial charge in [0, 0.05) is 24.0 Å². The lowest BCUT2D eigenvalue weighted by molar-refractivity contribution is -0.141. The van der Waals surface area contributed by atoms with Crippen molar-refractivity contribution in [3.8, 4) is 0 Å². The summed E-state index contributed by atoms with van der Waals surface area (Å²) >= 11 is 0. The standard InChI is InChI=1S/C35H41N5O6/c1-22(2)19-29(31(43)36-24(4)20-30(41)42)40-32(44)35(5,26-12-7-6-8-13-26)39(34(40)46)21-25-15-17-27(18-16-25)37-33(45)38-28-14-10-9-11-23(28)3/h6-18,22,24,29H,19-21H2,1-5H3,(H,36,43)(H,41,42)(H2,37,38,45). The van der Waals surface area contributed by atoms with Crippen molar-refractivity contribution >= 4 is 41.2 Å². The molecule has 3 aromatic rings. The van der Waals surface area contributed by atoms with E-state index in [1.54, 1.807) is 62.4 Å². The second-order valence-electron chi connectivity index (χ2n) is 12.2. The number of amides is 6. The maximum atomic E-state index is 14.3. The number of rotatable bonds is 12. The number of carboxylic acid groups (broad SMARTS) is 1. The molecule has 0 spiro atoms. The first-order chi connectivity index (χ1) is 21.8. The topological polar surface area (TPSA) is 148 Å². The van der Waals surface area contributed by atoms with Gasteiger partial charge in [0.2, 0.25) is 5.91 Å². The minimum Gasteiger partial charge on any atom is -0.481 e. The van der Waals surface area contributed by atoms with Crippen LogP contribution in [0.4, 0.5) is 21.0 Å². The molecule has 11 heteroatoms. The van der Waals surface area contributed by atoms with Crippen LogP contribution >= 0.6 is 0 Å². The van der Waals surface area contributed by atoms with E-state index in [0.717, 1.165) is 10.5 Å². The molecule has 4 N–H and O–H groups in total. The van der Waals surface area contributed by atoms with Crippen molar-refractivity contribution in [1.82, 2.24) is 15.1 Å². The number of carbonyl (C=O) groups is 5. The number of hydrogen-bond donors (Lipinski definition) is 4. The monoisotopic (exact) mass is 627 g/mol. The number of benzene rings is 3. The molecule has 0 saturated carbocycles. The largest absolute Gasteiger partial charge is 0.481 e. The lowest BCUT2D eigenvalue weighted by Gasteiger charge is -2.32. The number of imide groups is 1. The molecule has 3 unspecified atom stereocenters. The second-order valence-corrected chi connectivity index (χ2v) is 12.2. The summed E-state index contributed by atoms with van der Waals surface area (Å²) in [5, 5.41) is 17.5. The van der Waals surface area contributed by atoms with Gasteiger partial charge < -0.3 is 26.0 Å². The van der Waals surface area contributed by atoms with Crippen molar-refractivity contribution in [2.75, 3.05) is 10.6 Å². The molecule has 0 aromatic heterocycles. The number of nitrogens with one attached hydrogen (secondary N) is 3. The zero-order valence-electron chi connectivity index (χ0n) is 26.7. The molecule has 1 saturated heterocycles. The van der Waals surface area contributed by atoms with Gasteiger partial charge in [-0.3, -0.25) is 14.4 Å². The van der Waals surface area contributed by atoms with Gasteiger partial charge >= 0.3 is 18.0 Å². The molecule has 0 radical (unpaired) electrons. The Morgan fingerprint density at radius 3 is 2.11 bits per heavy atom. The van der Waals surface area contributed by atoms with Crippen LogP contribution in [0.25, 0.3) is 0 Å². The number of carbonyl (C=O) groups excluding carboxylic acids is 4. The number of urea groups is 2. The number of hydrogen-bond acceptors (Lipinski definition) is 5. The molecule has 1 aliphatic rings. The van der Waals surface area contributed by atoms with E-state index in [2.05, 4.69) is 16.0 Å². The Morgan fingerprint density at radius 2 is 1.50 bits per heavy atom. The summed E-state index contributed by atoms with van der Waals surface area (Å²) in [4.78, 5) is 68.3. The second kappa shape index (κ2) is 14.3. The number of nitrogens with zero attached hydrogens (tertiary/aromatic N) is 2. The minimum absolute atomic E-state index is 0.0492. The maximum Gasteiger partial charge on any atom is 0.329 e. The number of aryl methyl sites for hydroxylation is 1. The molecular formula is C35H41N5O6. The Labute approximate surface area is 269 Å². The van der Waals surface area contributed by atoms with Crippen molar-refractivity contribution in [3.05, 3.63) is 95.6 Å². The molecule has 11 nitrogen and oxygen atoms in total. The maximum absolute atomic E-state index is 14.3. The fourth-order valence-corrected chi connectivity index (χ4v) is 5.60. The highest BCUT2D eigenvalue weighted by Gasteiger charge is 2.58. The smallest absolute Gasteiger partial charge is 0.329 e. The van der Waals surface area contributed by atoms with Gasteiger partial charge in [-0.2, -0.15) is 0 Å². The highest BCUT2D eigenvalue weighted by molar-refractivity contribution is 6.10. The third kappa shape index (κ3) is 7.53. The molecule has 3 atom stereocenters. The summed E-state index contributed by atoms with van der Waals surface area (Å²) in [7, 11) is 0. The van der Waals surface area contributed by atoms with Gasteiger partial charge in [-0.05, 0) is 68.0 Å². The van der Waals surface area contributed by atoms with Crippen LogP contribution in [0.2, 0.25) is 0 Å². The van der Waals surface area contributed by atoms with Gasteiger partial charge in [0.15, 0.2) is 0 Å². The molecule has 4 rings (SSSR count). The van der Waals surface area contributed by atoms with Crippen LogP contribution < -0.4 is 16.0 Å². The Bertz CT molecular complexity index is 1590. The molecule has 1 fully saturated rings. The van der Waals surface area contributed by atoms with Crippen LogP contribution in [0, 0.1) is 12.8 Å². The van der Waals surface area contributed by atoms with Crippen LogP contribution in [0.1, 0.15) is 57.2 Å². The van der Waals surface area contributed by atoms with Crippen molar-refractivity contribution < 1.29 is 29.1 Å². The summed E-state index contributed by atoms with van der Waals surface area (Å²) in [6, 6.07) is 20.5. The van der Waals surface area contributed by atoms with Crippen molar-refractivity contribution in [3.63, 3.8) is 0 Å². The van der Waals surface area contributed by atoms with Crippen molar-refractivity contribution in [2.24, 2.45) is 5.92 Å². The van der Waals surface area contributed by atoms with Gasteiger partial charge in [-0.25, -0.2) is 14.5 Å². The Morgan fingerprint density at radius 1 is 0.870 bits per heavy atom. The van der Waals surface area contributed by atoms with Crippen LogP contribution in [0.3, 0.4) is 0 Å². The first-order valence-corrected chi connectivity index (χ1v) is 15.3. The molecule has 0 bridgehead atoms. The molecule has 242 valence electrons. The van der Waals surface area contributed by atoms with Gasteiger partial charge in [-0.1, -0.05) is 74.5 Å². The van der Waals surface area contributed by atoms with Crippen LogP contribution in [-0.4, -0.2) is 56.8 Å². The van der Waals surface area contributed by atoms with E-state index in [4.69, 9.17) is 0 Å². The van der Waals surface area contributed by atoms with E-state index in [1.165, 1.54) is 4.90 Å². The van der Waals surface area contributed by atoms with E-state index in [9.17, 15) is 29.1 Å². The van der Waals surface area contributed by atoms with E-state index in [0.29, 0.717) is 22.5 Å². The Balaban J connectivity index is 1.60. The van der Waals surface area contributed by atoms with Gasteiger partial charge in [0.05, 0.1) is 6.42 Å². The van der Waals surface area contributed by atoms with Crippen molar-refractivity contribution in [2.45, 2.75) is 71.6 Å². The lowest BCUT2D eigenvalue weighted by atomic mass is 9.89. The SMILES string of the molecule is Cc1ccccc1NC(=O)Nc1ccc(CN2C(=O)N(C(CC(C)C)C(=O)NC(C)CC(=O)O)C(=O)C2(C)c2ccccc2)cc1. The van der Waals surface area contributed by atoms with E-state index in [1.807, 2.05) is 51.1 Å². The molecule has 6 amide bonds. The summed E-state index contributed by atoms with van der Waals surface area (Å²) < 4.78 is 0. The third-order valence-electron chi connectivity index (χ3n) is 8.07. The summed E-state index contributed by atoms with van der Waals surface area (Å²) in [6.07, 6.45) is -0.0962. The number of anilines is 2. The van der Waals surface area contributed by atoms with Gasteiger partial charge in [-0.15, -0.1) is 0 Å². The first kappa shape index (κ1) is 33.7. The fraction of sp³-hybridized carbons (Fsp3) is 0.343. The number of carboxylic acids is 1. The molecule has 46 heavy (non-hydrogen) atoms. The number of para-hydroxylation sites is 1. The summed E-state index contributed by atoms with van der Waals surface area (Å²) in [5.74, 6) is -2.24. The van der Waals surface area contributed by atoms with Gasteiger partial charge in [0.1, 0.15) is 11.6 Å².